The predicted octanol–water partition coefficient (Wildman–Crippen LogP) is 10.5. The van der Waals surface area contributed by atoms with Crippen molar-refractivity contribution in [2.45, 2.75) is 147 Å². The number of nitro groups is 1. The Hall–Kier alpha value is -5.65. The predicted molar refractivity (Wildman–Crippen MR) is 284 cm³/mol. The summed E-state index contributed by atoms with van der Waals surface area (Å²) in [5.74, 6) is -1.92. The van der Waals surface area contributed by atoms with E-state index in [0.717, 1.165) is 48.8 Å². The molecule has 1 aliphatic heterocycles. The van der Waals surface area contributed by atoms with E-state index in [4.69, 9.17) is 28.9 Å². The number of hydrogen-bond donors (Lipinski definition) is 4. The Morgan fingerprint density at radius 2 is 1.59 bits per heavy atom. The maximum Gasteiger partial charge on any atom is 0.412 e. The van der Waals surface area contributed by atoms with Gasteiger partial charge in [0.05, 0.1) is 43.0 Å². The maximum absolute atomic E-state index is 15.1. The standard InChI is InChI=1S/C58H80N4O12/c1-3-5-6-7-8-9-10-11-15-24-54(66)61(31-36-70-37-34-65)53-40-51(60-72-42-44-25-27-46(28-26-44)62(68)69)49-38-45(22-16-18-32-63)48(23-17-19-33-64)55-50-39-47(73-57(67)59-41-43-20-13-12-14-21-43)29-30-52(50)74-58(53,56(49)55)71-35-4-2/h4,12-14,20-21,25-30,38-39,45,48,53,55-56,63-65H,2-3,5-11,15-19,22-24,31-37,40-42H2,1H3,(H,59,67). The van der Waals surface area contributed by atoms with E-state index < -0.39 is 28.8 Å². The quantitative estimate of drug-likeness (QED) is 0.0190. The number of nitro benzene ring substituents is 1. The molecule has 6 rings (SSSR count). The molecule has 0 saturated heterocycles. The van der Waals surface area contributed by atoms with Crippen molar-refractivity contribution in [3.63, 3.8) is 0 Å². The summed E-state index contributed by atoms with van der Waals surface area (Å²) in [6, 6.07) is 20.3. The number of aliphatic hydroxyl groups is 3. The van der Waals surface area contributed by atoms with Crippen molar-refractivity contribution in [2.24, 2.45) is 22.9 Å². The summed E-state index contributed by atoms with van der Waals surface area (Å²) in [5, 5.41) is 49.0. The van der Waals surface area contributed by atoms with Gasteiger partial charge < -0.3 is 49.3 Å². The molecular weight excluding hydrogens is 945 g/mol. The molecule has 74 heavy (non-hydrogen) atoms. The summed E-state index contributed by atoms with van der Waals surface area (Å²) in [5.41, 5.74) is 3.75. The topological polar surface area (TPSA) is 212 Å². The summed E-state index contributed by atoms with van der Waals surface area (Å²) >= 11 is 0. The highest BCUT2D eigenvalue weighted by molar-refractivity contribution is 6.03. The molecule has 3 aromatic carbocycles. The number of amides is 2. The number of rotatable bonds is 34. The minimum Gasteiger partial charge on any atom is -0.459 e. The lowest BCUT2D eigenvalue weighted by Gasteiger charge is -2.60. The van der Waals surface area contributed by atoms with Crippen LogP contribution in [0.25, 0.3) is 0 Å². The first kappa shape index (κ1) is 57.6. The molecule has 0 aromatic heterocycles. The number of unbranched alkanes of at least 4 members (excludes halogenated alkanes) is 10. The van der Waals surface area contributed by atoms with E-state index >= 15 is 4.79 Å². The molecule has 1 heterocycles. The van der Waals surface area contributed by atoms with E-state index in [0.29, 0.717) is 54.9 Å². The van der Waals surface area contributed by atoms with Crippen LogP contribution in [0.1, 0.15) is 139 Å². The highest BCUT2D eigenvalue weighted by Crippen LogP contribution is 2.62. The number of hydrogen-bond acceptors (Lipinski definition) is 13. The zero-order chi connectivity index (χ0) is 52.5. The van der Waals surface area contributed by atoms with Crippen LogP contribution in [0.4, 0.5) is 10.5 Å². The molecule has 0 radical (unpaired) electrons. The van der Waals surface area contributed by atoms with Crippen LogP contribution in [0.15, 0.2) is 102 Å². The van der Waals surface area contributed by atoms with Gasteiger partial charge in [0, 0.05) is 62.8 Å². The van der Waals surface area contributed by atoms with Crippen LogP contribution in [-0.2, 0) is 32.3 Å². The Bertz CT molecular complexity index is 2280. The Balaban J connectivity index is 1.47. The van der Waals surface area contributed by atoms with E-state index in [1.807, 2.05) is 41.3 Å². The van der Waals surface area contributed by atoms with Gasteiger partial charge in [-0.15, -0.1) is 6.58 Å². The van der Waals surface area contributed by atoms with Crippen LogP contribution < -0.4 is 14.8 Å². The number of nitrogens with one attached hydrogen (secondary N) is 1. The normalized spacial score (nSPS) is 21.2. The third-order valence-electron chi connectivity index (χ3n) is 14.6. The Morgan fingerprint density at radius 3 is 2.28 bits per heavy atom. The molecule has 16 heteroatoms. The van der Waals surface area contributed by atoms with E-state index in [2.05, 4.69) is 24.9 Å². The van der Waals surface area contributed by atoms with Gasteiger partial charge in [-0.25, -0.2) is 4.79 Å². The molecule has 0 spiro atoms. The fourth-order valence-corrected chi connectivity index (χ4v) is 11.0. The maximum atomic E-state index is 15.1. The molecular formula is C58H80N4O12. The molecule has 6 unspecified atom stereocenters. The number of aliphatic hydroxyl groups excluding tert-OH is 3. The number of ether oxygens (including phenoxy) is 4. The van der Waals surface area contributed by atoms with Crippen LogP contribution >= 0.6 is 0 Å². The van der Waals surface area contributed by atoms with Crippen molar-refractivity contribution < 1.29 is 53.6 Å². The average molecular weight is 1030 g/mol. The van der Waals surface area contributed by atoms with Crippen LogP contribution in [0.5, 0.6) is 11.5 Å². The van der Waals surface area contributed by atoms with E-state index in [1.165, 1.54) is 44.2 Å². The van der Waals surface area contributed by atoms with E-state index in [1.54, 1.807) is 30.3 Å². The summed E-state index contributed by atoms with van der Waals surface area (Å²) in [7, 11) is 0. The number of nitrogens with zero attached hydrogens (tertiary/aromatic N) is 3. The fraction of sp³-hybridized carbons (Fsp3) is 0.569. The molecule has 3 aliphatic rings. The molecule has 1 saturated carbocycles. The number of carbonyl (C=O) groups excluding carboxylic acids is 2. The minimum atomic E-state index is -1.53. The first-order valence-corrected chi connectivity index (χ1v) is 27.1. The first-order valence-electron chi connectivity index (χ1n) is 27.1. The van der Waals surface area contributed by atoms with Crippen LogP contribution in [-0.4, -0.2) is 101 Å². The van der Waals surface area contributed by atoms with Gasteiger partial charge in [0.15, 0.2) is 0 Å². The van der Waals surface area contributed by atoms with Crippen molar-refractivity contribution in [3.8, 4) is 11.5 Å². The third-order valence-corrected chi connectivity index (χ3v) is 14.6. The summed E-state index contributed by atoms with van der Waals surface area (Å²) in [6.45, 7) is 6.91. The first-order chi connectivity index (χ1) is 36.2. The Kier molecular flexibility index (Phi) is 23.9. The lowest BCUT2D eigenvalue weighted by molar-refractivity contribution is -0.384. The zero-order valence-electron chi connectivity index (χ0n) is 43.4. The SMILES string of the molecule is C=CCOC12Oc3ccc(OC(=O)NCc4ccccc4)cc3C3C(CCCCO)C(CCCCO)C=C(C(=NOCc4ccc([N+](=O)[O-])cc4)CC1N(CCOCCO)C(=O)CCCCCCCCCCC)C32. The van der Waals surface area contributed by atoms with Crippen molar-refractivity contribution in [2.75, 3.05) is 46.2 Å². The molecule has 2 aliphatic carbocycles. The number of benzene rings is 3. The van der Waals surface area contributed by atoms with Gasteiger partial charge in [-0.2, -0.15) is 0 Å². The Morgan fingerprint density at radius 1 is 0.878 bits per heavy atom. The molecule has 6 atom stereocenters. The Labute approximate surface area is 437 Å². The zero-order valence-corrected chi connectivity index (χ0v) is 43.4. The fourth-order valence-electron chi connectivity index (χ4n) is 11.0. The lowest BCUT2D eigenvalue weighted by Crippen LogP contribution is -2.70. The van der Waals surface area contributed by atoms with Crippen molar-refractivity contribution >= 4 is 23.4 Å². The molecule has 404 valence electrons. The number of allylic oxidation sites excluding steroid dienone is 1. The molecule has 1 fully saturated rings. The van der Waals surface area contributed by atoms with Crippen LogP contribution in [0.3, 0.4) is 0 Å². The van der Waals surface area contributed by atoms with E-state index in [9.17, 15) is 30.2 Å². The summed E-state index contributed by atoms with van der Waals surface area (Å²) in [4.78, 5) is 47.5. The smallest absolute Gasteiger partial charge is 0.412 e. The largest absolute Gasteiger partial charge is 0.459 e. The average Bonchev–Trinajstić information content (AvgIpc) is 3.41. The lowest BCUT2D eigenvalue weighted by atomic mass is 9.55. The van der Waals surface area contributed by atoms with Gasteiger partial charge in [-0.05, 0) is 91.0 Å². The monoisotopic (exact) mass is 1020 g/mol. The highest BCUT2D eigenvalue weighted by Gasteiger charge is 2.65. The van der Waals surface area contributed by atoms with Gasteiger partial charge in [0.2, 0.25) is 11.7 Å². The van der Waals surface area contributed by atoms with Gasteiger partial charge in [-0.1, -0.05) is 119 Å². The number of carbonyl (C=O) groups is 2. The van der Waals surface area contributed by atoms with Crippen LogP contribution in [0, 0.1) is 27.9 Å². The number of oxime groups is 1. The molecule has 2 amide bonds. The van der Waals surface area contributed by atoms with Gasteiger partial charge in [0.25, 0.3) is 5.69 Å². The molecule has 3 aromatic rings. The third kappa shape index (κ3) is 15.9. The second-order valence-electron chi connectivity index (χ2n) is 19.7. The second-order valence-corrected chi connectivity index (χ2v) is 19.7. The van der Waals surface area contributed by atoms with Crippen molar-refractivity contribution in [3.05, 3.63) is 124 Å². The summed E-state index contributed by atoms with van der Waals surface area (Å²) < 4.78 is 26.4. The van der Waals surface area contributed by atoms with Gasteiger partial charge in [0.1, 0.15) is 24.1 Å². The van der Waals surface area contributed by atoms with Crippen LogP contribution in [0.2, 0.25) is 0 Å². The second kappa shape index (κ2) is 30.7. The minimum absolute atomic E-state index is 0.0119. The highest BCUT2D eigenvalue weighted by atomic mass is 16.7. The number of fused-ring (bicyclic) bond motifs is 2. The van der Waals surface area contributed by atoms with Crippen molar-refractivity contribution in [1.82, 2.24) is 10.2 Å². The molecule has 16 nitrogen and oxygen atoms in total. The molecule has 4 N–H and O–H groups in total. The van der Waals surface area contributed by atoms with Gasteiger partial charge in [-0.3, -0.25) is 14.9 Å². The summed E-state index contributed by atoms with van der Waals surface area (Å²) in [6.07, 6.45) is 17.7. The molecule has 0 bridgehead atoms. The van der Waals surface area contributed by atoms with Crippen molar-refractivity contribution in [1.29, 1.82) is 0 Å². The van der Waals surface area contributed by atoms with E-state index in [-0.39, 0.29) is 102 Å². The van der Waals surface area contributed by atoms with Gasteiger partial charge >= 0.3 is 6.09 Å². The number of non-ortho nitro benzene ring substituents is 1.